The number of rotatable bonds is 4. The first-order chi connectivity index (χ1) is 14.4. The van der Waals surface area contributed by atoms with Crippen LogP contribution in [0.5, 0.6) is 0 Å². The molecule has 6 nitrogen and oxygen atoms in total. The number of hydrogen-bond acceptors (Lipinski definition) is 4. The second kappa shape index (κ2) is 10.4. The summed E-state index contributed by atoms with van der Waals surface area (Å²) in [5.74, 6) is -2.81. The Bertz CT molecular complexity index is 747. The topological polar surface area (TPSA) is 78.9 Å². The Labute approximate surface area is 178 Å². The number of carboxylic acid groups (broad SMARTS) is 1. The third-order valence-electron chi connectivity index (χ3n) is 5.52. The maximum Gasteiger partial charge on any atom is 0.490 e. The fourth-order valence-electron chi connectivity index (χ4n) is 4.07. The van der Waals surface area contributed by atoms with Crippen LogP contribution in [0.15, 0.2) is 24.3 Å². The third kappa shape index (κ3) is 7.17. The van der Waals surface area contributed by atoms with Gasteiger partial charge in [0.05, 0.1) is 5.92 Å². The summed E-state index contributed by atoms with van der Waals surface area (Å²) in [6, 6.07) is 6.80. The van der Waals surface area contributed by atoms with Crippen molar-refractivity contribution >= 4 is 11.9 Å². The lowest BCUT2D eigenvalue weighted by molar-refractivity contribution is -0.192. The number of nitrogens with zero attached hydrogens (tertiary/aromatic N) is 1. The molecule has 2 heterocycles. The van der Waals surface area contributed by atoms with Crippen molar-refractivity contribution in [2.24, 2.45) is 11.3 Å². The molecule has 2 aliphatic rings. The number of hydrogen-bond donors (Lipinski definition) is 2. The van der Waals surface area contributed by atoms with Crippen LogP contribution in [0, 0.1) is 17.2 Å². The molecule has 1 aromatic carbocycles. The number of carboxylic acids is 1. The predicted octanol–water partition coefficient (Wildman–Crippen LogP) is 3.21. The van der Waals surface area contributed by atoms with E-state index in [-0.39, 0.29) is 29.1 Å². The molecular weight excluding hydrogens is 420 g/mol. The number of amides is 1. The van der Waals surface area contributed by atoms with Gasteiger partial charge in [-0.25, -0.2) is 9.18 Å². The van der Waals surface area contributed by atoms with E-state index in [2.05, 4.69) is 10.2 Å². The molecule has 0 saturated carbocycles. The van der Waals surface area contributed by atoms with Gasteiger partial charge in [-0.15, -0.1) is 0 Å². The predicted molar refractivity (Wildman–Crippen MR) is 105 cm³/mol. The molecule has 0 bridgehead atoms. The van der Waals surface area contributed by atoms with Gasteiger partial charge in [0, 0.05) is 44.3 Å². The zero-order valence-electron chi connectivity index (χ0n) is 17.5. The maximum atomic E-state index is 13.1. The van der Waals surface area contributed by atoms with Crippen LogP contribution in [0.4, 0.5) is 17.6 Å². The van der Waals surface area contributed by atoms with E-state index in [0.717, 1.165) is 51.3 Å². The molecule has 1 spiro atoms. The van der Waals surface area contributed by atoms with Crippen molar-refractivity contribution in [1.82, 2.24) is 10.2 Å². The summed E-state index contributed by atoms with van der Waals surface area (Å²) in [6.45, 7) is 7.89. The quantitative estimate of drug-likeness (QED) is 0.692. The normalized spacial score (nSPS) is 20.9. The van der Waals surface area contributed by atoms with Gasteiger partial charge in [-0.2, -0.15) is 13.2 Å². The lowest BCUT2D eigenvalue weighted by Crippen LogP contribution is -2.46. The number of halogens is 4. The van der Waals surface area contributed by atoms with E-state index in [1.807, 2.05) is 26.0 Å². The second-order valence-electron chi connectivity index (χ2n) is 8.29. The van der Waals surface area contributed by atoms with Gasteiger partial charge in [-0.3, -0.25) is 9.69 Å². The molecule has 1 unspecified atom stereocenters. The summed E-state index contributed by atoms with van der Waals surface area (Å²) in [7, 11) is 0. The molecule has 1 atom stereocenters. The first-order valence-corrected chi connectivity index (χ1v) is 10.1. The van der Waals surface area contributed by atoms with Crippen LogP contribution < -0.4 is 5.32 Å². The minimum Gasteiger partial charge on any atom is -0.475 e. The van der Waals surface area contributed by atoms with Gasteiger partial charge in [-0.05, 0) is 44.4 Å². The number of likely N-dealkylation sites (tertiary alicyclic amines) is 1. The zero-order chi connectivity index (χ0) is 23.2. The Morgan fingerprint density at radius 2 is 1.77 bits per heavy atom. The Hall–Kier alpha value is -2.20. The highest BCUT2D eigenvalue weighted by atomic mass is 19.4. The molecule has 2 saturated heterocycles. The van der Waals surface area contributed by atoms with Gasteiger partial charge in [0.15, 0.2) is 0 Å². The van der Waals surface area contributed by atoms with E-state index >= 15 is 0 Å². The summed E-state index contributed by atoms with van der Waals surface area (Å²) < 4.78 is 50.4. The first-order valence-electron chi connectivity index (χ1n) is 10.1. The van der Waals surface area contributed by atoms with Gasteiger partial charge in [0.25, 0.3) is 0 Å². The molecular formula is C21H28F4N2O4. The summed E-state index contributed by atoms with van der Waals surface area (Å²) in [4.78, 5) is 24.0. The Morgan fingerprint density at radius 3 is 2.26 bits per heavy atom. The minimum atomic E-state index is -5.08. The summed E-state index contributed by atoms with van der Waals surface area (Å²) >= 11 is 0. The Morgan fingerprint density at radius 1 is 1.23 bits per heavy atom. The van der Waals surface area contributed by atoms with Crippen molar-refractivity contribution in [2.75, 3.05) is 26.3 Å². The third-order valence-corrected chi connectivity index (χ3v) is 5.52. The number of carbonyl (C=O) groups excluding carboxylic acids is 1. The van der Waals surface area contributed by atoms with Crippen LogP contribution in [0.1, 0.15) is 32.3 Å². The number of benzene rings is 1. The van der Waals surface area contributed by atoms with Crippen LogP contribution in [-0.2, 0) is 20.9 Å². The number of alkyl halides is 3. The molecule has 174 valence electrons. The van der Waals surface area contributed by atoms with Gasteiger partial charge in [-0.1, -0.05) is 12.1 Å². The summed E-state index contributed by atoms with van der Waals surface area (Å²) in [5, 5.41) is 10.2. The van der Waals surface area contributed by atoms with E-state index in [4.69, 9.17) is 14.6 Å². The SMILES string of the molecule is CC(C)NC(=O)C1CN(Cc2ccc(F)cc2)CC12CCOCC2.O=C(O)C(F)(F)F. The van der Waals surface area contributed by atoms with Crippen molar-refractivity contribution in [3.8, 4) is 0 Å². The van der Waals surface area contributed by atoms with Crippen molar-refractivity contribution in [2.45, 2.75) is 45.5 Å². The zero-order valence-corrected chi connectivity index (χ0v) is 17.5. The molecule has 31 heavy (non-hydrogen) atoms. The molecule has 1 amide bonds. The Kier molecular flexibility index (Phi) is 8.41. The first kappa shape index (κ1) is 25.1. The molecule has 2 fully saturated rings. The van der Waals surface area contributed by atoms with Crippen LogP contribution in [0.25, 0.3) is 0 Å². The number of aliphatic carboxylic acids is 1. The lowest BCUT2D eigenvalue weighted by Gasteiger charge is -2.37. The molecule has 0 aliphatic carbocycles. The van der Waals surface area contributed by atoms with E-state index < -0.39 is 12.1 Å². The highest BCUT2D eigenvalue weighted by Crippen LogP contribution is 2.44. The van der Waals surface area contributed by atoms with Crippen LogP contribution >= 0.6 is 0 Å². The maximum absolute atomic E-state index is 13.1. The minimum absolute atomic E-state index is 0.00393. The van der Waals surface area contributed by atoms with Gasteiger partial charge in [0.1, 0.15) is 5.82 Å². The average Bonchev–Trinajstić information content (AvgIpc) is 3.01. The fourth-order valence-corrected chi connectivity index (χ4v) is 4.07. The fraction of sp³-hybridized carbons (Fsp3) is 0.619. The molecule has 0 radical (unpaired) electrons. The van der Waals surface area contributed by atoms with Crippen LogP contribution in [0.3, 0.4) is 0 Å². The van der Waals surface area contributed by atoms with Gasteiger partial charge in [0.2, 0.25) is 5.91 Å². The van der Waals surface area contributed by atoms with E-state index in [1.54, 1.807) is 0 Å². The highest BCUT2D eigenvalue weighted by Gasteiger charge is 2.50. The highest BCUT2D eigenvalue weighted by molar-refractivity contribution is 5.80. The van der Waals surface area contributed by atoms with Crippen LogP contribution in [-0.4, -0.2) is 60.4 Å². The van der Waals surface area contributed by atoms with Gasteiger partial charge >= 0.3 is 12.1 Å². The molecule has 2 N–H and O–H groups in total. The Balaban J connectivity index is 0.000000423. The van der Waals surface area contributed by atoms with E-state index in [0.29, 0.717) is 0 Å². The summed E-state index contributed by atoms with van der Waals surface area (Å²) in [6.07, 6.45) is -3.22. The molecule has 2 aliphatic heterocycles. The van der Waals surface area contributed by atoms with Crippen molar-refractivity contribution in [3.63, 3.8) is 0 Å². The van der Waals surface area contributed by atoms with E-state index in [9.17, 15) is 22.4 Å². The monoisotopic (exact) mass is 448 g/mol. The molecule has 1 aromatic rings. The van der Waals surface area contributed by atoms with Gasteiger partial charge < -0.3 is 15.2 Å². The number of ether oxygens (including phenoxy) is 1. The van der Waals surface area contributed by atoms with Crippen molar-refractivity contribution < 1.29 is 37.0 Å². The lowest BCUT2D eigenvalue weighted by atomic mass is 9.71. The number of carbonyl (C=O) groups is 2. The van der Waals surface area contributed by atoms with E-state index in [1.165, 1.54) is 12.1 Å². The largest absolute Gasteiger partial charge is 0.490 e. The van der Waals surface area contributed by atoms with Crippen LogP contribution in [0.2, 0.25) is 0 Å². The molecule has 3 rings (SSSR count). The molecule has 10 heteroatoms. The second-order valence-corrected chi connectivity index (χ2v) is 8.29. The summed E-state index contributed by atoms with van der Waals surface area (Å²) in [5.41, 5.74) is 1.10. The van der Waals surface area contributed by atoms with Crippen molar-refractivity contribution in [1.29, 1.82) is 0 Å². The van der Waals surface area contributed by atoms with Crippen molar-refractivity contribution in [3.05, 3.63) is 35.6 Å². The smallest absolute Gasteiger partial charge is 0.475 e. The average molecular weight is 448 g/mol. The standard InChI is InChI=1S/C19H27FN2O2.C2HF3O2/c1-14(2)21-18(23)17-12-22(11-15-3-5-16(20)6-4-15)13-19(17)7-9-24-10-8-19;3-2(4,5)1(6)7/h3-6,14,17H,7-13H2,1-2H3,(H,21,23);(H,6,7). The number of nitrogens with one attached hydrogen (secondary N) is 1. The molecule has 0 aromatic heterocycles.